The Bertz CT molecular complexity index is 1430. The largest absolute Gasteiger partial charge is 0.477 e. The molecule has 1 aromatic carbocycles. The van der Waals surface area contributed by atoms with Crippen LogP contribution in [0.3, 0.4) is 0 Å². The Balaban J connectivity index is 1.51. The molecule has 0 amide bonds. The van der Waals surface area contributed by atoms with Gasteiger partial charge >= 0.3 is 5.97 Å². The Hall–Kier alpha value is -4.20. The predicted octanol–water partition coefficient (Wildman–Crippen LogP) is 4.76. The molecule has 0 aliphatic carbocycles. The minimum Gasteiger partial charge on any atom is -0.477 e. The molecule has 0 atom stereocenters. The zero-order valence-corrected chi connectivity index (χ0v) is 20.2. The van der Waals surface area contributed by atoms with E-state index in [9.17, 15) is 15.2 Å². The number of hydrogen-bond donors (Lipinski definition) is 1. The second kappa shape index (κ2) is 10.2. The van der Waals surface area contributed by atoms with Gasteiger partial charge in [0.2, 0.25) is 5.88 Å². The maximum absolute atomic E-state index is 11.2. The van der Waals surface area contributed by atoms with Gasteiger partial charge in [-0.15, -0.1) is 11.3 Å². The van der Waals surface area contributed by atoms with Gasteiger partial charge in [0.05, 0.1) is 18.9 Å². The Labute approximate surface area is 211 Å². The first-order valence-corrected chi connectivity index (χ1v) is 12.1. The van der Waals surface area contributed by atoms with E-state index in [1.54, 1.807) is 18.4 Å². The highest BCUT2D eigenvalue weighted by molar-refractivity contribution is 7.12. The summed E-state index contributed by atoms with van der Waals surface area (Å²) < 4.78 is 16.8. The fourth-order valence-corrected chi connectivity index (χ4v) is 4.75. The lowest BCUT2D eigenvalue weighted by molar-refractivity contribution is 0.0702. The maximum Gasteiger partial charge on any atom is 0.345 e. The van der Waals surface area contributed by atoms with E-state index in [4.69, 9.17) is 13.9 Å². The van der Waals surface area contributed by atoms with Gasteiger partial charge in [0.25, 0.3) is 0 Å². The number of thiophene rings is 1. The molecule has 1 fully saturated rings. The normalized spacial score (nSPS) is 13.4. The molecular formula is C26H22N4O5S. The molecule has 0 saturated carbocycles. The molecule has 9 nitrogen and oxygen atoms in total. The van der Waals surface area contributed by atoms with Crippen LogP contribution in [-0.4, -0.2) is 47.3 Å². The number of aromatic carboxylic acids is 1. The summed E-state index contributed by atoms with van der Waals surface area (Å²) in [7, 11) is 0. The standard InChI is InChI=1S/C26H22N4O5S/c1-16-24(28-15-35-16)20-11-22(18-2-4-19(5-3-18)30-6-8-33-9-7-30)29-25(21(20)12-27)34-13-17-10-23(26(31)32)36-14-17/h2-5,10-11,14-15H,6-9,13H2,1H3,(H,31,32). The molecule has 3 aromatic heterocycles. The SMILES string of the molecule is Cc1ocnc1-c1cc(-c2ccc(N3CCOCC3)cc2)nc(OCc2csc(C(=O)O)c2)c1C#N. The van der Waals surface area contributed by atoms with Crippen molar-refractivity contribution in [2.45, 2.75) is 13.5 Å². The van der Waals surface area contributed by atoms with Crippen molar-refractivity contribution in [2.75, 3.05) is 31.2 Å². The molecule has 1 saturated heterocycles. The number of morpholine rings is 1. The first-order valence-electron chi connectivity index (χ1n) is 11.3. The third-order valence-electron chi connectivity index (χ3n) is 5.88. The molecule has 0 radical (unpaired) electrons. The van der Waals surface area contributed by atoms with Gasteiger partial charge in [-0.25, -0.2) is 14.8 Å². The van der Waals surface area contributed by atoms with Crippen molar-refractivity contribution < 1.29 is 23.8 Å². The van der Waals surface area contributed by atoms with Crippen LogP contribution in [0.15, 0.2) is 52.6 Å². The maximum atomic E-state index is 11.2. The lowest BCUT2D eigenvalue weighted by Crippen LogP contribution is -2.36. The number of ether oxygens (including phenoxy) is 2. The number of carboxylic acids is 1. The molecule has 10 heteroatoms. The second-order valence-corrected chi connectivity index (χ2v) is 9.07. The van der Waals surface area contributed by atoms with Gasteiger partial charge < -0.3 is 23.9 Å². The number of oxazole rings is 1. The number of hydrogen-bond acceptors (Lipinski definition) is 9. The van der Waals surface area contributed by atoms with Crippen molar-refractivity contribution in [3.8, 4) is 34.5 Å². The highest BCUT2D eigenvalue weighted by Gasteiger charge is 2.21. The Morgan fingerprint density at radius 2 is 2.03 bits per heavy atom. The van der Waals surface area contributed by atoms with Crippen molar-refractivity contribution in [3.05, 3.63) is 69.9 Å². The van der Waals surface area contributed by atoms with E-state index in [1.807, 2.05) is 30.3 Å². The fourth-order valence-electron chi connectivity index (χ4n) is 4.01. The van der Waals surface area contributed by atoms with E-state index in [2.05, 4.69) is 20.9 Å². The van der Waals surface area contributed by atoms with Gasteiger partial charge in [-0.1, -0.05) is 12.1 Å². The first kappa shape index (κ1) is 23.5. The van der Waals surface area contributed by atoms with Crippen molar-refractivity contribution in [2.24, 2.45) is 0 Å². The van der Waals surface area contributed by atoms with Crippen LogP contribution < -0.4 is 9.64 Å². The van der Waals surface area contributed by atoms with E-state index >= 15 is 0 Å². The summed E-state index contributed by atoms with van der Waals surface area (Å²) >= 11 is 1.12. The number of aryl methyl sites for hydroxylation is 1. The molecule has 36 heavy (non-hydrogen) atoms. The average molecular weight is 503 g/mol. The summed E-state index contributed by atoms with van der Waals surface area (Å²) in [6, 6.07) is 13.6. The number of benzene rings is 1. The van der Waals surface area contributed by atoms with Crippen LogP contribution in [0.25, 0.3) is 22.5 Å². The number of rotatable bonds is 7. The zero-order chi connectivity index (χ0) is 25.1. The molecule has 182 valence electrons. The van der Waals surface area contributed by atoms with Crippen LogP contribution in [0.2, 0.25) is 0 Å². The van der Waals surface area contributed by atoms with Crippen LogP contribution in [0.5, 0.6) is 5.88 Å². The monoisotopic (exact) mass is 502 g/mol. The number of nitrogens with zero attached hydrogens (tertiary/aromatic N) is 4. The zero-order valence-electron chi connectivity index (χ0n) is 19.4. The third-order valence-corrected chi connectivity index (χ3v) is 6.84. The summed E-state index contributed by atoms with van der Waals surface area (Å²) in [5.74, 6) is -0.276. The van der Waals surface area contributed by atoms with Gasteiger partial charge in [-0.3, -0.25) is 0 Å². The molecular weight excluding hydrogens is 480 g/mol. The summed E-state index contributed by atoms with van der Waals surface area (Å²) in [4.78, 5) is 22.7. The molecule has 5 rings (SSSR count). The van der Waals surface area contributed by atoms with Crippen molar-refractivity contribution in [1.29, 1.82) is 5.26 Å². The van der Waals surface area contributed by atoms with Crippen molar-refractivity contribution in [1.82, 2.24) is 9.97 Å². The average Bonchev–Trinajstić information content (AvgIpc) is 3.57. The summed E-state index contributed by atoms with van der Waals surface area (Å²) in [6.45, 7) is 4.95. The lowest BCUT2D eigenvalue weighted by Gasteiger charge is -2.28. The van der Waals surface area contributed by atoms with E-state index in [0.29, 0.717) is 41.5 Å². The highest BCUT2D eigenvalue weighted by Crippen LogP contribution is 2.35. The minimum absolute atomic E-state index is 0.0715. The number of anilines is 1. The molecule has 4 heterocycles. The summed E-state index contributed by atoms with van der Waals surface area (Å²) in [5, 5.41) is 20.9. The molecule has 4 aromatic rings. The quantitative estimate of drug-likeness (QED) is 0.381. The summed E-state index contributed by atoms with van der Waals surface area (Å²) in [6.07, 6.45) is 1.34. The molecule has 0 bridgehead atoms. The smallest absolute Gasteiger partial charge is 0.345 e. The van der Waals surface area contributed by atoms with E-state index in [0.717, 1.165) is 35.7 Å². The topological polar surface area (TPSA) is 122 Å². The predicted molar refractivity (Wildman–Crippen MR) is 133 cm³/mol. The molecule has 0 spiro atoms. The fraction of sp³-hybridized carbons (Fsp3) is 0.231. The van der Waals surface area contributed by atoms with Crippen molar-refractivity contribution >= 4 is 23.0 Å². The lowest BCUT2D eigenvalue weighted by atomic mass is 10.0. The van der Waals surface area contributed by atoms with Gasteiger partial charge in [-0.2, -0.15) is 5.26 Å². The number of pyridine rings is 1. The van der Waals surface area contributed by atoms with Gasteiger partial charge in [0.1, 0.15) is 34.6 Å². The second-order valence-electron chi connectivity index (χ2n) is 8.16. The van der Waals surface area contributed by atoms with Gasteiger partial charge in [0, 0.05) is 35.5 Å². The number of carboxylic acid groups (broad SMARTS) is 1. The molecule has 1 N–H and O–H groups in total. The van der Waals surface area contributed by atoms with Crippen LogP contribution in [0, 0.1) is 18.3 Å². The highest BCUT2D eigenvalue weighted by atomic mass is 32.1. The van der Waals surface area contributed by atoms with Gasteiger partial charge in [0.15, 0.2) is 6.39 Å². The Morgan fingerprint density at radius 3 is 2.67 bits per heavy atom. The van der Waals surface area contributed by atoms with Crippen LogP contribution in [0.1, 0.15) is 26.6 Å². The molecule has 1 aliphatic rings. The van der Waals surface area contributed by atoms with Crippen LogP contribution in [0.4, 0.5) is 5.69 Å². The number of carbonyl (C=O) groups is 1. The number of nitriles is 1. The Morgan fingerprint density at radius 1 is 1.25 bits per heavy atom. The number of aromatic nitrogens is 2. The van der Waals surface area contributed by atoms with E-state index in [1.165, 1.54) is 6.39 Å². The van der Waals surface area contributed by atoms with Crippen LogP contribution >= 0.6 is 11.3 Å². The minimum atomic E-state index is -0.992. The van der Waals surface area contributed by atoms with Crippen molar-refractivity contribution in [3.63, 3.8) is 0 Å². The van der Waals surface area contributed by atoms with Crippen LogP contribution in [-0.2, 0) is 11.3 Å². The molecule has 0 unspecified atom stereocenters. The third kappa shape index (κ3) is 4.79. The van der Waals surface area contributed by atoms with E-state index in [-0.39, 0.29) is 22.9 Å². The molecule has 1 aliphatic heterocycles. The Kier molecular flexibility index (Phi) is 6.66. The van der Waals surface area contributed by atoms with Gasteiger partial charge in [-0.05, 0) is 36.6 Å². The summed E-state index contributed by atoms with van der Waals surface area (Å²) in [5.41, 5.74) is 4.58. The first-order chi connectivity index (χ1) is 17.5. The van der Waals surface area contributed by atoms with E-state index < -0.39 is 5.97 Å².